The van der Waals surface area contributed by atoms with E-state index in [-0.39, 0.29) is 5.56 Å². The van der Waals surface area contributed by atoms with Gasteiger partial charge in [0.25, 0.3) is 11.8 Å². The maximum atomic E-state index is 12.0. The van der Waals surface area contributed by atoms with Crippen molar-refractivity contribution in [2.45, 2.75) is 13.0 Å². The Hall–Kier alpha value is -2.85. The summed E-state index contributed by atoms with van der Waals surface area (Å²) in [5, 5.41) is 8.82. The van der Waals surface area contributed by atoms with Crippen LogP contribution in [0, 0.1) is 11.3 Å². The third-order valence-corrected chi connectivity index (χ3v) is 3.52. The summed E-state index contributed by atoms with van der Waals surface area (Å²) in [6.07, 6.45) is -0.801. The van der Waals surface area contributed by atoms with Crippen molar-refractivity contribution in [3.63, 3.8) is 0 Å². The summed E-state index contributed by atoms with van der Waals surface area (Å²) in [5.74, 6) is -0.491. The number of halogens is 1. The summed E-state index contributed by atoms with van der Waals surface area (Å²) < 4.78 is 6.33. The number of amides is 2. The van der Waals surface area contributed by atoms with Gasteiger partial charge >= 0.3 is 0 Å². The van der Waals surface area contributed by atoms with Gasteiger partial charge in [-0.3, -0.25) is 20.4 Å². The van der Waals surface area contributed by atoms with Crippen LogP contribution < -0.4 is 15.6 Å². The van der Waals surface area contributed by atoms with Crippen molar-refractivity contribution in [1.82, 2.24) is 10.9 Å². The van der Waals surface area contributed by atoms with Crippen LogP contribution in [0.1, 0.15) is 22.8 Å². The van der Waals surface area contributed by atoms with Gasteiger partial charge in [-0.05, 0) is 43.3 Å². The van der Waals surface area contributed by atoms with Crippen LogP contribution in [0.25, 0.3) is 0 Å². The van der Waals surface area contributed by atoms with Crippen molar-refractivity contribution in [3.05, 3.63) is 64.1 Å². The zero-order valence-corrected chi connectivity index (χ0v) is 14.3. The van der Waals surface area contributed by atoms with Crippen molar-refractivity contribution < 1.29 is 14.3 Å². The minimum atomic E-state index is -0.801. The highest BCUT2D eigenvalue weighted by molar-refractivity contribution is 9.10. The SMILES string of the molecule is C[C@H](Oc1cccc(Br)c1)C(=O)NNC(=O)c1cccc(C#N)c1. The van der Waals surface area contributed by atoms with E-state index in [2.05, 4.69) is 26.8 Å². The third kappa shape index (κ3) is 4.83. The van der Waals surface area contributed by atoms with Gasteiger partial charge in [-0.1, -0.05) is 28.1 Å². The van der Waals surface area contributed by atoms with Crippen LogP contribution in [0.15, 0.2) is 53.0 Å². The Kier molecular flexibility index (Phi) is 5.93. The van der Waals surface area contributed by atoms with Crippen LogP contribution in [-0.2, 0) is 4.79 Å². The molecule has 122 valence electrons. The van der Waals surface area contributed by atoms with E-state index < -0.39 is 17.9 Å². The molecule has 0 heterocycles. The molecule has 24 heavy (non-hydrogen) atoms. The highest BCUT2D eigenvalue weighted by Crippen LogP contribution is 2.18. The molecule has 0 spiro atoms. The normalized spacial score (nSPS) is 11.0. The molecule has 2 N–H and O–H groups in total. The third-order valence-electron chi connectivity index (χ3n) is 3.03. The van der Waals surface area contributed by atoms with E-state index >= 15 is 0 Å². The van der Waals surface area contributed by atoms with E-state index in [0.717, 1.165) is 4.47 Å². The van der Waals surface area contributed by atoms with Crippen LogP contribution in [-0.4, -0.2) is 17.9 Å². The standard InChI is InChI=1S/C17H14BrN3O3/c1-11(24-15-7-3-6-14(18)9-15)16(22)20-21-17(23)13-5-2-4-12(8-13)10-19/h2-9,11H,1H3,(H,20,22)(H,21,23)/t11-/m0/s1. The first-order valence-electron chi connectivity index (χ1n) is 7.02. The largest absolute Gasteiger partial charge is 0.481 e. The Balaban J connectivity index is 1.90. The molecule has 0 saturated carbocycles. The van der Waals surface area contributed by atoms with Gasteiger partial charge in [0.2, 0.25) is 0 Å². The Morgan fingerprint density at radius 3 is 2.62 bits per heavy atom. The second-order valence-electron chi connectivity index (χ2n) is 4.85. The van der Waals surface area contributed by atoms with E-state index in [1.165, 1.54) is 6.07 Å². The number of hydrogen-bond acceptors (Lipinski definition) is 4. The lowest BCUT2D eigenvalue weighted by molar-refractivity contribution is -0.128. The molecule has 0 aliphatic heterocycles. The maximum Gasteiger partial charge on any atom is 0.279 e. The fourth-order valence-electron chi connectivity index (χ4n) is 1.82. The summed E-state index contributed by atoms with van der Waals surface area (Å²) in [7, 11) is 0. The van der Waals surface area contributed by atoms with Crippen molar-refractivity contribution in [2.24, 2.45) is 0 Å². The van der Waals surface area contributed by atoms with Gasteiger partial charge in [-0.15, -0.1) is 0 Å². The molecule has 2 aromatic carbocycles. The quantitative estimate of drug-likeness (QED) is 0.788. The molecule has 0 bridgehead atoms. The minimum Gasteiger partial charge on any atom is -0.481 e. The number of carbonyl (C=O) groups is 2. The van der Waals surface area contributed by atoms with Crippen LogP contribution in [0.3, 0.4) is 0 Å². The molecule has 0 aliphatic carbocycles. The molecule has 0 radical (unpaired) electrons. The number of ether oxygens (including phenoxy) is 1. The smallest absolute Gasteiger partial charge is 0.279 e. The highest BCUT2D eigenvalue weighted by Gasteiger charge is 2.16. The fourth-order valence-corrected chi connectivity index (χ4v) is 2.20. The summed E-state index contributed by atoms with van der Waals surface area (Å²) in [5.41, 5.74) is 5.22. The average molecular weight is 388 g/mol. The molecule has 2 amide bonds. The molecule has 0 unspecified atom stereocenters. The summed E-state index contributed by atoms with van der Waals surface area (Å²) in [6, 6.07) is 15.2. The van der Waals surface area contributed by atoms with E-state index in [0.29, 0.717) is 11.3 Å². The van der Waals surface area contributed by atoms with Crippen molar-refractivity contribution >= 4 is 27.7 Å². The summed E-state index contributed by atoms with van der Waals surface area (Å²) in [4.78, 5) is 23.9. The minimum absolute atomic E-state index is 0.273. The van der Waals surface area contributed by atoms with E-state index in [1.54, 1.807) is 43.3 Å². The number of rotatable bonds is 4. The molecule has 2 rings (SSSR count). The van der Waals surface area contributed by atoms with Crippen molar-refractivity contribution in [2.75, 3.05) is 0 Å². The van der Waals surface area contributed by atoms with Gasteiger partial charge in [0.05, 0.1) is 11.6 Å². The summed E-state index contributed by atoms with van der Waals surface area (Å²) in [6.45, 7) is 1.57. The average Bonchev–Trinajstić information content (AvgIpc) is 2.59. The Morgan fingerprint density at radius 2 is 1.92 bits per heavy atom. The second-order valence-corrected chi connectivity index (χ2v) is 5.77. The van der Waals surface area contributed by atoms with E-state index in [4.69, 9.17) is 10.00 Å². The lowest BCUT2D eigenvalue weighted by Gasteiger charge is -2.15. The van der Waals surface area contributed by atoms with E-state index in [1.807, 2.05) is 12.1 Å². The first-order valence-corrected chi connectivity index (χ1v) is 7.81. The molecule has 0 fully saturated rings. The first kappa shape index (κ1) is 17.5. The predicted octanol–water partition coefficient (Wildman–Crippen LogP) is 2.55. The molecular weight excluding hydrogens is 374 g/mol. The van der Waals surface area contributed by atoms with Crippen LogP contribution >= 0.6 is 15.9 Å². The number of nitrogens with one attached hydrogen (secondary N) is 2. The molecular formula is C17H14BrN3O3. The van der Waals surface area contributed by atoms with E-state index in [9.17, 15) is 9.59 Å². The van der Waals surface area contributed by atoms with Gasteiger partial charge in [0.1, 0.15) is 5.75 Å². The maximum absolute atomic E-state index is 12.0. The van der Waals surface area contributed by atoms with Gasteiger partial charge in [-0.2, -0.15) is 5.26 Å². The molecule has 1 atom stereocenters. The lowest BCUT2D eigenvalue weighted by atomic mass is 10.1. The first-order chi connectivity index (χ1) is 11.5. The molecule has 6 nitrogen and oxygen atoms in total. The van der Waals surface area contributed by atoms with Gasteiger partial charge < -0.3 is 4.74 Å². The number of hydrazine groups is 1. The van der Waals surface area contributed by atoms with Crippen molar-refractivity contribution in [3.8, 4) is 11.8 Å². The molecule has 0 aliphatic rings. The van der Waals surface area contributed by atoms with Crippen molar-refractivity contribution in [1.29, 1.82) is 5.26 Å². The number of hydrogen-bond donors (Lipinski definition) is 2. The number of nitriles is 1. The van der Waals surface area contributed by atoms with Crippen LogP contribution in [0.2, 0.25) is 0 Å². The van der Waals surface area contributed by atoms with Gasteiger partial charge in [0.15, 0.2) is 6.10 Å². The number of nitrogens with zero attached hydrogens (tertiary/aromatic N) is 1. The molecule has 7 heteroatoms. The Labute approximate surface area is 147 Å². The zero-order valence-electron chi connectivity index (χ0n) is 12.7. The molecule has 0 saturated heterocycles. The molecule has 2 aromatic rings. The van der Waals surface area contributed by atoms with Crippen LogP contribution in [0.4, 0.5) is 0 Å². The van der Waals surface area contributed by atoms with Crippen LogP contribution in [0.5, 0.6) is 5.75 Å². The topological polar surface area (TPSA) is 91.2 Å². The number of benzene rings is 2. The Bertz CT molecular complexity index is 802. The monoisotopic (exact) mass is 387 g/mol. The second kappa shape index (κ2) is 8.13. The lowest BCUT2D eigenvalue weighted by Crippen LogP contribution is -2.47. The molecule has 0 aromatic heterocycles. The summed E-state index contributed by atoms with van der Waals surface area (Å²) >= 11 is 3.32. The number of carbonyl (C=O) groups excluding carboxylic acids is 2. The highest BCUT2D eigenvalue weighted by atomic mass is 79.9. The van der Waals surface area contributed by atoms with Gasteiger partial charge in [0, 0.05) is 10.0 Å². The fraction of sp³-hybridized carbons (Fsp3) is 0.118. The zero-order chi connectivity index (χ0) is 17.5. The van der Waals surface area contributed by atoms with Gasteiger partial charge in [-0.25, -0.2) is 0 Å². The Morgan fingerprint density at radius 1 is 1.17 bits per heavy atom. The predicted molar refractivity (Wildman–Crippen MR) is 91.0 cm³/mol.